The van der Waals surface area contributed by atoms with Crippen LogP contribution in [0.1, 0.15) is 28.8 Å². The fourth-order valence-corrected chi connectivity index (χ4v) is 2.03. The first-order chi connectivity index (χ1) is 11.5. The van der Waals surface area contributed by atoms with Crippen molar-refractivity contribution in [2.45, 2.75) is 12.8 Å². The van der Waals surface area contributed by atoms with Crippen molar-refractivity contribution in [3.63, 3.8) is 0 Å². The number of amides is 1. The molecule has 0 unspecified atom stereocenters. The Labute approximate surface area is 137 Å². The minimum Gasteiger partial charge on any atom is -0.481 e. The molecule has 0 heterocycles. The predicted octanol–water partition coefficient (Wildman–Crippen LogP) is 3.12. The summed E-state index contributed by atoms with van der Waals surface area (Å²) in [5, 5.41) is 23.4. The Bertz CT molecular complexity index is 755. The molecular formula is C17H15FN2O4. The summed E-state index contributed by atoms with van der Waals surface area (Å²) in [5.74, 6) is -1.79. The minimum absolute atomic E-state index is 0.0904. The van der Waals surface area contributed by atoms with Crippen LogP contribution in [-0.2, 0) is 4.79 Å². The van der Waals surface area contributed by atoms with Gasteiger partial charge in [-0.3, -0.25) is 9.59 Å². The Hall–Kier alpha value is -3.22. The van der Waals surface area contributed by atoms with Crippen LogP contribution < -0.4 is 5.32 Å². The second-order valence-corrected chi connectivity index (χ2v) is 4.98. The number of carbonyl (C=O) groups excluding carboxylic acids is 1. The van der Waals surface area contributed by atoms with Gasteiger partial charge in [-0.2, -0.15) is 0 Å². The van der Waals surface area contributed by atoms with Crippen LogP contribution in [0.5, 0.6) is 0 Å². The number of rotatable bonds is 6. The molecule has 0 aliphatic carbocycles. The van der Waals surface area contributed by atoms with Crippen LogP contribution in [0.2, 0.25) is 0 Å². The van der Waals surface area contributed by atoms with Gasteiger partial charge in [0.05, 0.1) is 12.1 Å². The maximum absolute atomic E-state index is 12.8. The highest BCUT2D eigenvalue weighted by atomic mass is 19.1. The lowest BCUT2D eigenvalue weighted by Gasteiger charge is -2.07. The average molecular weight is 330 g/mol. The second-order valence-electron chi connectivity index (χ2n) is 4.98. The molecule has 0 fully saturated rings. The average Bonchev–Trinajstić information content (AvgIpc) is 2.57. The van der Waals surface area contributed by atoms with Crippen LogP contribution in [0, 0.1) is 5.82 Å². The molecule has 1 amide bonds. The maximum Gasteiger partial charge on any atom is 0.303 e. The fraction of sp³-hybridized carbons (Fsp3) is 0.118. The fourth-order valence-electron chi connectivity index (χ4n) is 2.03. The molecule has 2 rings (SSSR count). The molecule has 0 aliphatic rings. The lowest BCUT2D eigenvalue weighted by molar-refractivity contribution is -0.136. The number of halogens is 1. The Kier molecular flexibility index (Phi) is 5.62. The van der Waals surface area contributed by atoms with E-state index in [1.54, 1.807) is 24.3 Å². The molecule has 2 aromatic carbocycles. The number of anilines is 1. The Morgan fingerprint density at radius 1 is 0.958 bits per heavy atom. The van der Waals surface area contributed by atoms with E-state index in [2.05, 4.69) is 10.5 Å². The molecule has 7 heteroatoms. The Morgan fingerprint density at radius 2 is 1.54 bits per heavy atom. The first-order valence-electron chi connectivity index (χ1n) is 7.09. The van der Waals surface area contributed by atoms with E-state index in [4.69, 9.17) is 10.3 Å². The molecule has 0 aliphatic heterocycles. The molecule has 0 aromatic heterocycles. The van der Waals surface area contributed by atoms with E-state index in [0.717, 1.165) is 0 Å². The molecule has 124 valence electrons. The summed E-state index contributed by atoms with van der Waals surface area (Å²) in [6.45, 7) is 0. The largest absolute Gasteiger partial charge is 0.481 e. The van der Waals surface area contributed by atoms with E-state index in [9.17, 15) is 14.0 Å². The summed E-state index contributed by atoms with van der Waals surface area (Å²) in [4.78, 5) is 22.6. The third kappa shape index (κ3) is 4.64. The minimum atomic E-state index is -0.987. The number of carboxylic acid groups (broad SMARTS) is 1. The number of oxime groups is 1. The van der Waals surface area contributed by atoms with E-state index < -0.39 is 11.8 Å². The molecule has 0 spiro atoms. The van der Waals surface area contributed by atoms with E-state index in [1.807, 2.05) is 0 Å². The highest BCUT2D eigenvalue weighted by molar-refractivity contribution is 6.05. The molecule has 2 aromatic rings. The molecule has 0 atom stereocenters. The summed E-state index contributed by atoms with van der Waals surface area (Å²) in [7, 11) is 0. The monoisotopic (exact) mass is 330 g/mol. The number of nitrogens with one attached hydrogen (secondary N) is 1. The number of carboxylic acids is 1. The van der Waals surface area contributed by atoms with Crippen molar-refractivity contribution >= 4 is 23.3 Å². The maximum atomic E-state index is 12.8. The molecule has 0 saturated heterocycles. The third-order valence-electron chi connectivity index (χ3n) is 3.28. The highest BCUT2D eigenvalue weighted by Crippen LogP contribution is 2.14. The quantitative estimate of drug-likeness (QED) is 0.430. The molecule has 3 N–H and O–H groups in total. The SMILES string of the molecule is O=C(O)CC/C(=N/O)c1ccc(NC(=O)c2ccc(F)cc2)cc1. The smallest absolute Gasteiger partial charge is 0.303 e. The summed E-state index contributed by atoms with van der Waals surface area (Å²) >= 11 is 0. The number of aliphatic carboxylic acids is 1. The zero-order chi connectivity index (χ0) is 17.5. The van der Waals surface area contributed by atoms with E-state index in [-0.39, 0.29) is 24.5 Å². The number of benzene rings is 2. The van der Waals surface area contributed by atoms with Crippen molar-refractivity contribution in [1.29, 1.82) is 0 Å². The zero-order valence-corrected chi connectivity index (χ0v) is 12.6. The van der Waals surface area contributed by atoms with Crippen LogP contribution in [0.3, 0.4) is 0 Å². The summed E-state index contributed by atoms with van der Waals surface area (Å²) in [6.07, 6.45) is -0.0600. The van der Waals surface area contributed by atoms with E-state index in [1.165, 1.54) is 24.3 Å². The van der Waals surface area contributed by atoms with E-state index in [0.29, 0.717) is 16.8 Å². The van der Waals surface area contributed by atoms with E-state index >= 15 is 0 Å². The predicted molar refractivity (Wildman–Crippen MR) is 86.0 cm³/mol. The van der Waals surface area contributed by atoms with Gasteiger partial charge in [-0.25, -0.2) is 4.39 Å². The second kappa shape index (κ2) is 7.87. The normalized spacial score (nSPS) is 11.1. The van der Waals surface area contributed by atoms with Crippen LogP contribution in [-0.4, -0.2) is 27.9 Å². The molecule has 0 radical (unpaired) electrons. The van der Waals surface area contributed by atoms with Gasteiger partial charge in [-0.1, -0.05) is 17.3 Å². The van der Waals surface area contributed by atoms with Crippen LogP contribution in [0.25, 0.3) is 0 Å². The van der Waals surface area contributed by atoms with Crippen LogP contribution in [0.15, 0.2) is 53.7 Å². The highest BCUT2D eigenvalue weighted by Gasteiger charge is 2.09. The van der Waals surface area contributed by atoms with Gasteiger partial charge in [0.25, 0.3) is 5.91 Å². The Balaban J connectivity index is 2.04. The number of hydrogen-bond donors (Lipinski definition) is 3. The van der Waals surface area contributed by atoms with Gasteiger partial charge in [0, 0.05) is 17.7 Å². The van der Waals surface area contributed by atoms with Gasteiger partial charge in [0.15, 0.2) is 0 Å². The standard InChI is InChI=1S/C17H15FN2O4/c18-13-5-1-12(2-6-13)17(23)19-14-7-3-11(4-8-14)15(20-24)9-10-16(21)22/h1-8,24H,9-10H2,(H,19,23)(H,21,22)/b20-15-. The molecular weight excluding hydrogens is 315 g/mol. The van der Waals surface area contributed by atoms with Gasteiger partial charge in [0.1, 0.15) is 5.82 Å². The summed E-state index contributed by atoms with van der Waals surface area (Å²) in [5.41, 5.74) is 1.62. The molecule has 0 bridgehead atoms. The third-order valence-corrected chi connectivity index (χ3v) is 3.28. The topological polar surface area (TPSA) is 99.0 Å². The first-order valence-corrected chi connectivity index (χ1v) is 7.09. The van der Waals surface area contributed by atoms with Crippen molar-refractivity contribution < 1.29 is 24.3 Å². The Morgan fingerprint density at radius 3 is 2.08 bits per heavy atom. The van der Waals surface area contributed by atoms with Gasteiger partial charge in [-0.05, 0) is 42.0 Å². The summed E-state index contributed by atoms with van der Waals surface area (Å²) < 4.78 is 12.8. The zero-order valence-electron chi connectivity index (χ0n) is 12.6. The van der Waals surface area contributed by atoms with Gasteiger partial charge < -0.3 is 15.6 Å². The van der Waals surface area contributed by atoms with Crippen molar-refractivity contribution in [3.8, 4) is 0 Å². The van der Waals surface area contributed by atoms with Crippen molar-refractivity contribution in [2.75, 3.05) is 5.32 Å². The van der Waals surface area contributed by atoms with Crippen LogP contribution in [0.4, 0.5) is 10.1 Å². The van der Waals surface area contributed by atoms with Crippen molar-refractivity contribution in [1.82, 2.24) is 0 Å². The lowest BCUT2D eigenvalue weighted by atomic mass is 10.1. The number of hydrogen-bond acceptors (Lipinski definition) is 4. The number of carbonyl (C=O) groups is 2. The molecule has 6 nitrogen and oxygen atoms in total. The molecule has 24 heavy (non-hydrogen) atoms. The van der Waals surface area contributed by atoms with Crippen molar-refractivity contribution in [2.24, 2.45) is 5.16 Å². The van der Waals surface area contributed by atoms with Gasteiger partial charge in [-0.15, -0.1) is 0 Å². The molecule has 0 saturated carbocycles. The van der Waals surface area contributed by atoms with Crippen LogP contribution >= 0.6 is 0 Å². The number of nitrogens with zero attached hydrogens (tertiary/aromatic N) is 1. The first kappa shape index (κ1) is 17.1. The lowest BCUT2D eigenvalue weighted by Crippen LogP contribution is -2.12. The van der Waals surface area contributed by atoms with Crippen molar-refractivity contribution in [3.05, 3.63) is 65.5 Å². The summed E-state index contributed by atoms with van der Waals surface area (Å²) in [6, 6.07) is 11.6. The van der Waals surface area contributed by atoms with Gasteiger partial charge >= 0.3 is 5.97 Å². The van der Waals surface area contributed by atoms with Gasteiger partial charge in [0.2, 0.25) is 0 Å².